The maximum absolute atomic E-state index is 12.4. The first-order valence-corrected chi connectivity index (χ1v) is 7.06. The smallest absolute Gasteiger partial charge is 0.413 e. The monoisotopic (exact) mass is 303 g/mol. The van der Waals surface area contributed by atoms with E-state index in [0.717, 1.165) is 0 Å². The van der Waals surface area contributed by atoms with Gasteiger partial charge in [-0.3, -0.25) is 4.90 Å². The van der Waals surface area contributed by atoms with E-state index >= 15 is 0 Å². The van der Waals surface area contributed by atoms with Gasteiger partial charge in [-0.15, -0.1) is 0 Å². The van der Waals surface area contributed by atoms with Gasteiger partial charge in [0.05, 0.1) is 7.11 Å². The van der Waals surface area contributed by atoms with E-state index in [0.29, 0.717) is 6.42 Å². The van der Waals surface area contributed by atoms with Crippen LogP contribution in [0.15, 0.2) is 0 Å². The van der Waals surface area contributed by atoms with Crippen molar-refractivity contribution in [1.29, 1.82) is 0 Å². The number of rotatable bonds is 6. The molecule has 0 radical (unpaired) electrons. The van der Waals surface area contributed by atoms with Gasteiger partial charge in [0.2, 0.25) is 0 Å². The van der Waals surface area contributed by atoms with Crippen LogP contribution < -0.4 is 0 Å². The second-order valence-corrected chi connectivity index (χ2v) is 6.69. The molecule has 0 N–H and O–H groups in total. The molecule has 0 fully saturated rings. The van der Waals surface area contributed by atoms with Crippen LogP contribution >= 0.6 is 0 Å². The maximum Gasteiger partial charge on any atom is 0.413 e. The van der Waals surface area contributed by atoms with E-state index in [1.165, 1.54) is 19.1 Å². The Morgan fingerprint density at radius 1 is 1.10 bits per heavy atom. The van der Waals surface area contributed by atoms with Crippen LogP contribution in [-0.2, 0) is 19.0 Å². The van der Waals surface area contributed by atoms with Gasteiger partial charge in [0, 0.05) is 7.11 Å². The van der Waals surface area contributed by atoms with E-state index < -0.39 is 23.2 Å². The van der Waals surface area contributed by atoms with Gasteiger partial charge >= 0.3 is 12.1 Å². The predicted octanol–water partition coefficient (Wildman–Crippen LogP) is 2.81. The average Bonchev–Trinajstić information content (AvgIpc) is 2.31. The van der Waals surface area contributed by atoms with Crippen LogP contribution in [0.5, 0.6) is 0 Å². The third-order valence-corrected chi connectivity index (χ3v) is 2.90. The topological polar surface area (TPSA) is 65.1 Å². The lowest BCUT2D eigenvalue weighted by atomic mass is 9.89. The van der Waals surface area contributed by atoms with E-state index in [2.05, 4.69) is 0 Å². The fourth-order valence-corrected chi connectivity index (χ4v) is 2.16. The number of carbonyl (C=O) groups excluding carboxylic acids is 2. The van der Waals surface area contributed by atoms with Gasteiger partial charge in [0.1, 0.15) is 17.9 Å². The Bertz CT molecular complexity index is 362. The quantitative estimate of drug-likeness (QED) is 0.557. The molecular weight excluding hydrogens is 274 g/mol. The van der Waals surface area contributed by atoms with Crippen LogP contribution in [0.2, 0.25) is 0 Å². The van der Waals surface area contributed by atoms with Crippen molar-refractivity contribution in [1.82, 2.24) is 4.90 Å². The number of carbonyl (C=O) groups is 2. The van der Waals surface area contributed by atoms with Crippen molar-refractivity contribution in [3.05, 3.63) is 0 Å². The standard InChI is InChI=1S/C15H29NO5/c1-11(2)9-15(6,12(17)20-8)16(10-19-7)13(18)21-14(3,4)5/h11H,9-10H2,1-8H3/t15-/m0/s1. The van der Waals surface area contributed by atoms with Gasteiger partial charge < -0.3 is 14.2 Å². The normalized spacial score (nSPS) is 14.5. The minimum Gasteiger partial charge on any atom is -0.467 e. The fraction of sp³-hybridized carbons (Fsp3) is 0.867. The highest BCUT2D eigenvalue weighted by Gasteiger charge is 2.45. The Balaban J connectivity index is 5.51. The molecule has 6 nitrogen and oxygen atoms in total. The average molecular weight is 303 g/mol. The Kier molecular flexibility index (Phi) is 7.16. The summed E-state index contributed by atoms with van der Waals surface area (Å²) in [6.07, 6.45) is -0.152. The largest absolute Gasteiger partial charge is 0.467 e. The molecule has 0 saturated carbocycles. The van der Waals surface area contributed by atoms with Crippen molar-refractivity contribution in [3.63, 3.8) is 0 Å². The summed E-state index contributed by atoms with van der Waals surface area (Å²) < 4.78 is 15.3. The number of esters is 1. The molecule has 0 rings (SSSR count). The molecule has 0 aromatic carbocycles. The van der Waals surface area contributed by atoms with Gasteiger partial charge in [0.15, 0.2) is 0 Å². The molecule has 0 aromatic heterocycles. The molecule has 0 unspecified atom stereocenters. The summed E-state index contributed by atoms with van der Waals surface area (Å²) in [4.78, 5) is 25.9. The maximum atomic E-state index is 12.4. The Morgan fingerprint density at radius 2 is 1.62 bits per heavy atom. The molecule has 0 aromatic rings. The van der Waals surface area contributed by atoms with Gasteiger partial charge in [-0.2, -0.15) is 0 Å². The molecule has 0 heterocycles. The number of methoxy groups -OCH3 is 2. The summed E-state index contributed by atoms with van der Waals surface area (Å²) in [5.74, 6) is -0.296. The molecule has 0 aliphatic rings. The van der Waals surface area contributed by atoms with Crippen LogP contribution in [-0.4, -0.2) is 49.1 Å². The summed E-state index contributed by atoms with van der Waals surface area (Å²) in [7, 11) is 2.77. The summed E-state index contributed by atoms with van der Waals surface area (Å²) in [5.41, 5.74) is -1.79. The molecule has 0 saturated heterocycles. The summed E-state index contributed by atoms with van der Waals surface area (Å²) in [6.45, 7) is 10.9. The zero-order valence-electron chi connectivity index (χ0n) is 14.5. The molecule has 0 bridgehead atoms. The fourth-order valence-electron chi connectivity index (χ4n) is 2.16. The predicted molar refractivity (Wildman–Crippen MR) is 79.8 cm³/mol. The lowest BCUT2D eigenvalue weighted by molar-refractivity contribution is -0.158. The second-order valence-electron chi connectivity index (χ2n) is 6.69. The van der Waals surface area contributed by atoms with Crippen molar-refractivity contribution >= 4 is 12.1 Å². The molecule has 1 atom stereocenters. The third kappa shape index (κ3) is 5.91. The van der Waals surface area contributed by atoms with E-state index in [4.69, 9.17) is 14.2 Å². The summed E-state index contributed by atoms with van der Waals surface area (Å²) in [6, 6.07) is 0. The molecule has 1 amide bonds. The van der Waals surface area contributed by atoms with Crippen molar-refractivity contribution < 1.29 is 23.8 Å². The number of nitrogens with zero attached hydrogens (tertiary/aromatic N) is 1. The van der Waals surface area contributed by atoms with E-state index in [9.17, 15) is 9.59 Å². The minimum atomic E-state index is -1.14. The molecule has 0 aliphatic carbocycles. The first kappa shape index (κ1) is 19.7. The lowest BCUT2D eigenvalue weighted by Gasteiger charge is -2.39. The van der Waals surface area contributed by atoms with Crippen LogP contribution in [0.4, 0.5) is 4.79 Å². The van der Waals surface area contributed by atoms with Crippen molar-refractivity contribution in [2.24, 2.45) is 5.92 Å². The lowest BCUT2D eigenvalue weighted by Crippen LogP contribution is -2.57. The van der Waals surface area contributed by atoms with Crippen LogP contribution in [0.1, 0.15) is 48.0 Å². The molecule has 124 valence electrons. The Hall–Kier alpha value is -1.30. The SMILES string of the molecule is COCN(C(=O)OC(C)(C)C)[C@@](C)(CC(C)C)C(=O)OC. The molecular formula is C15H29NO5. The molecule has 0 spiro atoms. The van der Waals surface area contributed by atoms with E-state index in [1.807, 2.05) is 13.8 Å². The van der Waals surface area contributed by atoms with Gasteiger partial charge in [-0.1, -0.05) is 13.8 Å². The zero-order chi connectivity index (χ0) is 16.8. The number of amides is 1. The van der Waals surface area contributed by atoms with Crippen LogP contribution in [0, 0.1) is 5.92 Å². The highest BCUT2D eigenvalue weighted by atomic mass is 16.6. The zero-order valence-corrected chi connectivity index (χ0v) is 14.5. The first-order valence-electron chi connectivity index (χ1n) is 7.06. The van der Waals surface area contributed by atoms with Gasteiger partial charge in [-0.25, -0.2) is 9.59 Å². The van der Waals surface area contributed by atoms with Gasteiger partial charge in [-0.05, 0) is 40.0 Å². The Labute approximate surface area is 127 Å². The highest BCUT2D eigenvalue weighted by Crippen LogP contribution is 2.27. The van der Waals surface area contributed by atoms with Gasteiger partial charge in [0.25, 0.3) is 0 Å². The number of hydrogen-bond donors (Lipinski definition) is 0. The van der Waals surface area contributed by atoms with Crippen molar-refractivity contribution in [2.75, 3.05) is 21.0 Å². The Morgan fingerprint density at radius 3 is 1.95 bits per heavy atom. The van der Waals surface area contributed by atoms with E-state index in [1.54, 1.807) is 27.7 Å². The second kappa shape index (κ2) is 7.64. The van der Waals surface area contributed by atoms with Crippen LogP contribution in [0.3, 0.4) is 0 Å². The van der Waals surface area contributed by atoms with E-state index in [-0.39, 0.29) is 12.6 Å². The van der Waals surface area contributed by atoms with Crippen molar-refractivity contribution in [2.45, 2.75) is 59.1 Å². The first-order chi connectivity index (χ1) is 9.47. The molecule has 0 aliphatic heterocycles. The number of ether oxygens (including phenoxy) is 3. The molecule has 6 heteroatoms. The minimum absolute atomic E-state index is 0.0484. The molecule has 21 heavy (non-hydrogen) atoms. The van der Waals surface area contributed by atoms with Crippen LogP contribution in [0.25, 0.3) is 0 Å². The highest BCUT2D eigenvalue weighted by molar-refractivity contribution is 5.85. The summed E-state index contributed by atoms with van der Waals surface area (Å²) >= 11 is 0. The number of hydrogen-bond acceptors (Lipinski definition) is 5. The van der Waals surface area contributed by atoms with Crippen molar-refractivity contribution in [3.8, 4) is 0 Å². The summed E-state index contributed by atoms with van der Waals surface area (Å²) in [5, 5.41) is 0. The third-order valence-electron chi connectivity index (χ3n) is 2.90.